The molecule has 3 atom stereocenters. The molecular weight excluding hydrogens is 516 g/mol. The largest absolute Gasteiger partial charge is 0.478 e. The van der Waals surface area contributed by atoms with E-state index in [1.165, 1.54) is 20.8 Å². The Kier molecular flexibility index (Phi) is 18.1. The molecule has 3 saturated heterocycles. The standard InChI is InChI=1S/C15H26O6.3C4H6O2/c1-2-15(9-16-3-12-6-19-12,10-17-4-13-7-20-13)11-18-5-14-8-21-14;3*1-3(2)4(5)6/h12-14H,2-11H2,1H3;3*1H2,2H3,(H,5,6). The van der Waals surface area contributed by atoms with Gasteiger partial charge in [0.2, 0.25) is 0 Å². The minimum Gasteiger partial charge on any atom is -0.478 e. The number of ether oxygens (including phenoxy) is 6. The Morgan fingerprint density at radius 2 is 0.872 bits per heavy atom. The zero-order valence-electron chi connectivity index (χ0n) is 23.4. The fraction of sp³-hybridized carbons (Fsp3) is 0.667. The number of carboxylic acids is 3. The molecular formula is C27H44O12. The lowest BCUT2D eigenvalue weighted by Gasteiger charge is -2.32. The van der Waals surface area contributed by atoms with Gasteiger partial charge in [-0.1, -0.05) is 26.7 Å². The van der Waals surface area contributed by atoms with E-state index in [0.717, 1.165) is 26.2 Å². The van der Waals surface area contributed by atoms with Gasteiger partial charge in [0.15, 0.2) is 0 Å². The summed E-state index contributed by atoms with van der Waals surface area (Å²) in [4.78, 5) is 28.8. The summed E-state index contributed by atoms with van der Waals surface area (Å²) in [5, 5.41) is 23.7. The molecule has 3 rings (SSSR count). The summed E-state index contributed by atoms with van der Waals surface area (Å²) < 4.78 is 33.0. The number of aliphatic carboxylic acids is 3. The van der Waals surface area contributed by atoms with E-state index in [4.69, 9.17) is 43.7 Å². The number of hydrogen-bond acceptors (Lipinski definition) is 9. The number of epoxide rings is 3. The Hall–Kier alpha value is -2.61. The summed E-state index contributed by atoms with van der Waals surface area (Å²) in [6, 6.07) is 0. The minimum atomic E-state index is -0.935. The molecule has 3 aliphatic rings. The minimum absolute atomic E-state index is 0.0985. The van der Waals surface area contributed by atoms with Gasteiger partial charge in [0.1, 0.15) is 18.3 Å². The normalized spacial score (nSPS) is 21.1. The molecule has 39 heavy (non-hydrogen) atoms. The number of rotatable bonds is 16. The molecule has 0 aromatic heterocycles. The van der Waals surface area contributed by atoms with E-state index in [1.54, 1.807) is 0 Å². The SMILES string of the molecule is C=C(C)C(=O)O.C=C(C)C(=O)O.C=C(C)C(=O)O.CCC(COCC1CO1)(COCC1CO1)COCC1CO1. The molecule has 0 aromatic carbocycles. The third-order valence-electron chi connectivity index (χ3n) is 5.19. The average molecular weight is 561 g/mol. The van der Waals surface area contributed by atoms with Crippen LogP contribution in [0.1, 0.15) is 34.1 Å². The number of carbonyl (C=O) groups is 3. The highest BCUT2D eigenvalue weighted by atomic mass is 16.6. The van der Waals surface area contributed by atoms with Crippen molar-refractivity contribution in [1.29, 1.82) is 0 Å². The Labute approximate surface area is 230 Å². The lowest BCUT2D eigenvalue weighted by Crippen LogP contribution is -2.38. The van der Waals surface area contributed by atoms with Gasteiger partial charge in [-0.2, -0.15) is 0 Å². The van der Waals surface area contributed by atoms with Crippen LogP contribution in [0.15, 0.2) is 36.5 Å². The topological polar surface area (TPSA) is 177 Å². The van der Waals surface area contributed by atoms with Crippen molar-refractivity contribution in [2.75, 3.05) is 59.5 Å². The Balaban J connectivity index is 0.000000658. The highest BCUT2D eigenvalue weighted by Gasteiger charge is 2.34. The van der Waals surface area contributed by atoms with Gasteiger partial charge in [-0.3, -0.25) is 0 Å². The number of hydrogen-bond donors (Lipinski definition) is 3. The van der Waals surface area contributed by atoms with Crippen LogP contribution in [-0.2, 0) is 42.8 Å². The van der Waals surface area contributed by atoms with Crippen LogP contribution in [0.2, 0.25) is 0 Å². The molecule has 0 spiro atoms. The Morgan fingerprint density at radius 1 is 0.667 bits per heavy atom. The quantitative estimate of drug-likeness (QED) is 0.186. The molecule has 3 aliphatic heterocycles. The van der Waals surface area contributed by atoms with Gasteiger partial charge in [-0.25, -0.2) is 14.4 Å². The molecule has 224 valence electrons. The van der Waals surface area contributed by atoms with E-state index in [9.17, 15) is 14.4 Å². The van der Waals surface area contributed by atoms with Gasteiger partial charge >= 0.3 is 17.9 Å². The van der Waals surface area contributed by atoms with Crippen molar-refractivity contribution in [3.8, 4) is 0 Å². The van der Waals surface area contributed by atoms with Crippen molar-refractivity contribution in [1.82, 2.24) is 0 Å². The van der Waals surface area contributed by atoms with Gasteiger partial charge in [0.25, 0.3) is 0 Å². The van der Waals surface area contributed by atoms with Crippen molar-refractivity contribution in [3.63, 3.8) is 0 Å². The van der Waals surface area contributed by atoms with Crippen LogP contribution in [0.25, 0.3) is 0 Å². The van der Waals surface area contributed by atoms with E-state index >= 15 is 0 Å². The van der Waals surface area contributed by atoms with Crippen molar-refractivity contribution >= 4 is 17.9 Å². The van der Waals surface area contributed by atoms with Crippen LogP contribution in [0, 0.1) is 5.41 Å². The molecule has 0 amide bonds. The molecule has 12 nitrogen and oxygen atoms in total. The molecule has 0 aromatic rings. The first-order valence-electron chi connectivity index (χ1n) is 12.5. The predicted molar refractivity (Wildman–Crippen MR) is 142 cm³/mol. The highest BCUT2D eigenvalue weighted by molar-refractivity contribution is 5.85. The maximum absolute atomic E-state index is 9.60. The fourth-order valence-electron chi connectivity index (χ4n) is 2.14. The first kappa shape index (κ1) is 36.4. The van der Waals surface area contributed by atoms with E-state index in [2.05, 4.69) is 26.7 Å². The van der Waals surface area contributed by atoms with Crippen LogP contribution in [0.4, 0.5) is 0 Å². The van der Waals surface area contributed by atoms with Gasteiger partial charge in [-0.15, -0.1) is 0 Å². The van der Waals surface area contributed by atoms with Crippen molar-refractivity contribution in [2.24, 2.45) is 5.41 Å². The fourth-order valence-corrected chi connectivity index (χ4v) is 2.14. The zero-order valence-corrected chi connectivity index (χ0v) is 23.4. The van der Waals surface area contributed by atoms with Gasteiger partial charge < -0.3 is 43.7 Å². The Morgan fingerprint density at radius 3 is 1.00 bits per heavy atom. The van der Waals surface area contributed by atoms with Crippen LogP contribution in [-0.4, -0.2) is 111 Å². The van der Waals surface area contributed by atoms with Crippen LogP contribution in [0.5, 0.6) is 0 Å². The summed E-state index contributed by atoms with van der Waals surface area (Å²) in [6.45, 7) is 22.3. The van der Waals surface area contributed by atoms with Gasteiger partial charge in [0.05, 0.1) is 59.5 Å². The van der Waals surface area contributed by atoms with E-state index in [0.29, 0.717) is 58.0 Å². The molecule has 3 N–H and O–H groups in total. The summed E-state index contributed by atoms with van der Waals surface area (Å²) in [6.07, 6.45) is 1.83. The molecule has 3 fully saturated rings. The van der Waals surface area contributed by atoms with Gasteiger partial charge in [0, 0.05) is 22.1 Å². The molecule has 0 saturated carbocycles. The lowest BCUT2D eigenvalue weighted by atomic mass is 9.88. The molecule has 0 aliphatic carbocycles. The molecule has 0 radical (unpaired) electrons. The summed E-state index contributed by atoms with van der Waals surface area (Å²) in [5.41, 5.74) is 0.429. The second-order valence-electron chi connectivity index (χ2n) is 9.52. The van der Waals surface area contributed by atoms with Crippen LogP contribution < -0.4 is 0 Å². The van der Waals surface area contributed by atoms with E-state index < -0.39 is 17.9 Å². The first-order chi connectivity index (χ1) is 18.2. The summed E-state index contributed by atoms with van der Waals surface area (Å²) in [5.74, 6) is -2.81. The second-order valence-corrected chi connectivity index (χ2v) is 9.52. The maximum atomic E-state index is 9.60. The summed E-state index contributed by atoms with van der Waals surface area (Å²) in [7, 11) is 0. The molecule has 12 heteroatoms. The molecule has 3 unspecified atom stereocenters. The van der Waals surface area contributed by atoms with Crippen LogP contribution in [0.3, 0.4) is 0 Å². The van der Waals surface area contributed by atoms with Crippen molar-refractivity contribution < 1.29 is 58.1 Å². The average Bonchev–Trinajstić information content (AvgIpc) is 3.69. The zero-order chi connectivity index (χ0) is 30.0. The maximum Gasteiger partial charge on any atom is 0.330 e. The smallest absolute Gasteiger partial charge is 0.330 e. The Bertz CT molecular complexity index is 671. The third-order valence-corrected chi connectivity index (χ3v) is 5.19. The summed E-state index contributed by atoms with van der Waals surface area (Å²) >= 11 is 0. The first-order valence-corrected chi connectivity index (χ1v) is 12.5. The highest BCUT2D eigenvalue weighted by Crippen LogP contribution is 2.26. The third kappa shape index (κ3) is 22.0. The predicted octanol–water partition coefficient (Wildman–Crippen LogP) is 2.57. The van der Waals surface area contributed by atoms with Crippen molar-refractivity contribution in [3.05, 3.63) is 36.5 Å². The van der Waals surface area contributed by atoms with Gasteiger partial charge in [-0.05, 0) is 27.2 Å². The lowest BCUT2D eigenvalue weighted by molar-refractivity contribution is -0.133. The monoisotopic (exact) mass is 560 g/mol. The molecule has 0 bridgehead atoms. The van der Waals surface area contributed by atoms with E-state index in [1.807, 2.05) is 0 Å². The second kappa shape index (κ2) is 19.4. The number of carboxylic acid groups (broad SMARTS) is 3. The van der Waals surface area contributed by atoms with Crippen LogP contribution >= 0.6 is 0 Å². The molecule has 3 heterocycles. The van der Waals surface area contributed by atoms with Crippen molar-refractivity contribution in [2.45, 2.75) is 52.4 Å². The van der Waals surface area contributed by atoms with E-state index in [-0.39, 0.29) is 22.1 Å².